The summed E-state index contributed by atoms with van der Waals surface area (Å²) >= 11 is 0. The normalized spacial score (nSPS) is 11.9. The van der Waals surface area contributed by atoms with Crippen LogP contribution in [0.4, 0.5) is 0 Å². The van der Waals surface area contributed by atoms with Gasteiger partial charge in [-0.2, -0.15) is 0 Å². The smallest absolute Gasteiger partial charge is 0.164 e. The van der Waals surface area contributed by atoms with Crippen LogP contribution in [0.2, 0.25) is 0 Å². The van der Waals surface area contributed by atoms with Crippen molar-refractivity contribution >= 4 is 76.2 Å². The van der Waals surface area contributed by atoms with E-state index < -0.39 is 0 Å². The number of rotatable bonds is 4. The minimum absolute atomic E-state index is 0.569. The molecule has 3 heterocycles. The molecule has 0 amide bonds. The van der Waals surface area contributed by atoms with E-state index >= 15 is 0 Å². The molecule has 5 nitrogen and oxygen atoms in total. The third-order valence-corrected chi connectivity index (χ3v) is 11.1. The highest BCUT2D eigenvalue weighted by atomic mass is 16.3. The summed E-state index contributed by atoms with van der Waals surface area (Å²) in [6.07, 6.45) is 0. The lowest BCUT2D eigenvalue weighted by molar-refractivity contribution is 0.668. The van der Waals surface area contributed by atoms with Crippen molar-refractivity contribution in [2.75, 3.05) is 0 Å². The molecule has 12 rings (SSSR count). The van der Waals surface area contributed by atoms with E-state index in [1.807, 2.05) is 60.7 Å². The van der Waals surface area contributed by atoms with Crippen molar-refractivity contribution in [2.45, 2.75) is 0 Å². The largest absolute Gasteiger partial charge is 0.456 e. The Labute approximate surface area is 320 Å². The highest BCUT2D eigenvalue weighted by Gasteiger charge is 2.22. The van der Waals surface area contributed by atoms with E-state index in [1.165, 1.54) is 10.8 Å². The SMILES string of the molecule is c1ccc(-c2nc(-c3ccc4ccc5ccccc5c4c3)nc(-c3cc(-c4cc5oc6ccccc6c5c5ccccc45)cc4oc5ccccc5c34)n2)cc1. The molecular formula is C51H29N3O2. The van der Waals surface area contributed by atoms with Crippen molar-refractivity contribution in [1.29, 1.82) is 0 Å². The zero-order valence-electron chi connectivity index (χ0n) is 29.9. The Kier molecular flexibility index (Phi) is 6.56. The van der Waals surface area contributed by atoms with Gasteiger partial charge in [-0.1, -0.05) is 140 Å². The Morgan fingerprint density at radius 3 is 1.61 bits per heavy atom. The molecule has 3 aromatic heterocycles. The average Bonchev–Trinajstić information content (AvgIpc) is 3.84. The van der Waals surface area contributed by atoms with Gasteiger partial charge in [-0.05, 0) is 79.8 Å². The van der Waals surface area contributed by atoms with E-state index in [1.54, 1.807) is 0 Å². The molecule has 12 aromatic rings. The van der Waals surface area contributed by atoms with Crippen LogP contribution in [-0.4, -0.2) is 15.0 Å². The Balaban J connectivity index is 1.15. The topological polar surface area (TPSA) is 65.0 Å². The third-order valence-electron chi connectivity index (χ3n) is 11.1. The highest BCUT2D eigenvalue weighted by Crippen LogP contribution is 2.44. The van der Waals surface area contributed by atoms with Crippen molar-refractivity contribution in [3.63, 3.8) is 0 Å². The van der Waals surface area contributed by atoms with Crippen LogP contribution in [0, 0.1) is 0 Å². The summed E-state index contributed by atoms with van der Waals surface area (Å²) in [4.78, 5) is 15.7. The molecule has 0 spiro atoms. The molecule has 0 aliphatic rings. The first-order valence-corrected chi connectivity index (χ1v) is 18.8. The van der Waals surface area contributed by atoms with Gasteiger partial charge in [0.05, 0.1) is 0 Å². The summed E-state index contributed by atoms with van der Waals surface area (Å²) in [5.74, 6) is 1.77. The maximum atomic E-state index is 6.65. The van der Waals surface area contributed by atoms with Crippen LogP contribution in [0.25, 0.3) is 121 Å². The lowest BCUT2D eigenvalue weighted by Gasteiger charge is -2.13. The van der Waals surface area contributed by atoms with Crippen molar-refractivity contribution in [3.8, 4) is 45.3 Å². The lowest BCUT2D eigenvalue weighted by Crippen LogP contribution is -2.01. The Morgan fingerprint density at radius 2 is 0.839 bits per heavy atom. The zero-order chi connectivity index (χ0) is 36.7. The first-order valence-electron chi connectivity index (χ1n) is 18.8. The second-order valence-corrected chi connectivity index (χ2v) is 14.3. The monoisotopic (exact) mass is 715 g/mol. The van der Waals surface area contributed by atoms with Crippen molar-refractivity contribution in [2.24, 2.45) is 0 Å². The molecule has 0 bridgehead atoms. The molecule has 9 aromatic carbocycles. The van der Waals surface area contributed by atoms with Gasteiger partial charge in [-0.3, -0.25) is 0 Å². The van der Waals surface area contributed by atoms with Crippen LogP contribution in [0.5, 0.6) is 0 Å². The molecule has 0 N–H and O–H groups in total. The standard InChI is InChI=1S/C51H29N3O2/c1-2-13-32(14-3-1)49-52-50(33-25-24-31-23-22-30-12-4-5-15-35(30)40(31)26-33)54-51(53-49)42-27-34(28-45-48(42)39-19-9-11-21-44(39)55-45)41-29-46-47(37-17-7-6-16-36(37)41)38-18-8-10-20-43(38)56-46/h1-29H. The molecule has 0 saturated heterocycles. The van der Waals surface area contributed by atoms with Crippen molar-refractivity contribution in [3.05, 3.63) is 176 Å². The average molecular weight is 716 g/mol. The summed E-state index contributed by atoms with van der Waals surface area (Å²) in [5, 5.41) is 11.1. The van der Waals surface area contributed by atoms with Gasteiger partial charge in [-0.25, -0.2) is 15.0 Å². The number of aromatic nitrogens is 3. The van der Waals surface area contributed by atoms with E-state index in [-0.39, 0.29) is 0 Å². The van der Waals surface area contributed by atoms with Crippen molar-refractivity contribution < 1.29 is 8.83 Å². The van der Waals surface area contributed by atoms with E-state index in [4.69, 9.17) is 23.8 Å². The lowest BCUT2D eigenvalue weighted by atomic mass is 9.92. The number of furan rings is 2. The number of nitrogens with zero attached hydrogens (tertiary/aromatic N) is 3. The van der Waals surface area contributed by atoms with Gasteiger partial charge in [0, 0.05) is 38.2 Å². The van der Waals surface area contributed by atoms with E-state index in [0.29, 0.717) is 17.5 Å². The third kappa shape index (κ3) is 4.71. The summed E-state index contributed by atoms with van der Waals surface area (Å²) in [7, 11) is 0. The Morgan fingerprint density at radius 1 is 0.286 bits per heavy atom. The molecule has 0 radical (unpaired) electrons. The Bertz CT molecular complexity index is 3550. The molecule has 0 atom stereocenters. The maximum absolute atomic E-state index is 6.65. The number of fused-ring (bicyclic) bond motifs is 11. The van der Waals surface area contributed by atoms with Crippen LogP contribution >= 0.6 is 0 Å². The van der Waals surface area contributed by atoms with Gasteiger partial charge in [0.1, 0.15) is 22.3 Å². The van der Waals surface area contributed by atoms with Crippen LogP contribution in [-0.2, 0) is 0 Å². The van der Waals surface area contributed by atoms with Gasteiger partial charge >= 0.3 is 0 Å². The molecule has 5 heteroatoms. The number of hydrogen-bond donors (Lipinski definition) is 0. The van der Waals surface area contributed by atoms with Gasteiger partial charge < -0.3 is 8.83 Å². The number of para-hydroxylation sites is 2. The Hall–Kier alpha value is -7.63. The molecule has 260 valence electrons. The van der Waals surface area contributed by atoms with Gasteiger partial charge in [0.2, 0.25) is 0 Å². The second-order valence-electron chi connectivity index (χ2n) is 14.3. The second kappa shape index (κ2) is 11.9. The number of benzene rings is 9. The molecule has 0 aliphatic carbocycles. The molecule has 0 fully saturated rings. The van der Waals surface area contributed by atoms with E-state index in [2.05, 4.69) is 115 Å². The molecule has 0 aliphatic heterocycles. The predicted octanol–water partition coefficient (Wildman–Crippen LogP) is 13.8. The number of hydrogen-bond acceptors (Lipinski definition) is 5. The molecular weight excluding hydrogens is 687 g/mol. The van der Waals surface area contributed by atoms with Crippen molar-refractivity contribution in [1.82, 2.24) is 15.0 Å². The fraction of sp³-hybridized carbons (Fsp3) is 0. The summed E-state index contributed by atoms with van der Waals surface area (Å²) < 4.78 is 13.2. The highest BCUT2D eigenvalue weighted by molar-refractivity contribution is 6.23. The maximum Gasteiger partial charge on any atom is 0.164 e. The van der Waals surface area contributed by atoms with Gasteiger partial charge in [0.25, 0.3) is 0 Å². The summed E-state index contributed by atoms with van der Waals surface area (Å²) in [5.41, 5.74) is 7.97. The van der Waals surface area contributed by atoms with Crippen LogP contribution in [0.15, 0.2) is 185 Å². The predicted molar refractivity (Wildman–Crippen MR) is 229 cm³/mol. The van der Waals surface area contributed by atoms with E-state index in [0.717, 1.165) is 93.2 Å². The quantitative estimate of drug-likeness (QED) is 0.170. The minimum atomic E-state index is 0.569. The van der Waals surface area contributed by atoms with E-state index in [9.17, 15) is 0 Å². The molecule has 0 saturated carbocycles. The molecule has 56 heavy (non-hydrogen) atoms. The first kappa shape index (κ1) is 30.8. The zero-order valence-corrected chi connectivity index (χ0v) is 29.9. The summed E-state index contributed by atoms with van der Waals surface area (Å²) in [6, 6.07) is 60.9. The summed E-state index contributed by atoms with van der Waals surface area (Å²) in [6.45, 7) is 0. The fourth-order valence-electron chi connectivity index (χ4n) is 8.50. The molecule has 0 unspecified atom stereocenters. The van der Waals surface area contributed by atoms with Crippen LogP contribution in [0.1, 0.15) is 0 Å². The van der Waals surface area contributed by atoms with Gasteiger partial charge in [0.15, 0.2) is 17.5 Å². The fourth-order valence-corrected chi connectivity index (χ4v) is 8.50. The minimum Gasteiger partial charge on any atom is -0.456 e. The first-order chi connectivity index (χ1) is 27.7. The van der Waals surface area contributed by atoms with Gasteiger partial charge in [-0.15, -0.1) is 0 Å². The van der Waals surface area contributed by atoms with Crippen LogP contribution in [0.3, 0.4) is 0 Å². The van der Waals surface area contributed by atoms with Crippen LogP contribution < -0.4 is 0 Å².